The fourth-order valence-electron chi connectivity index (χ4n) is 1.90. The average molecular weight is 328 g/mol. The third-order valence-electron chi connectivity index (χ3n) is 3.02. The standard InChI is InChI=1S/C16H14ClN5O/c1-23-14-8-6-13(7-9-14)20-16-21-15(10-18-22-16)19-12-4-2-11(17)3-5-12/h2-10H,1H3,(H2,19,20,21,22). The van der Waals surface area contributed by atoms with Crippen molar-refractivity contribution in [2.24, 2.45) is 0 Å². The molecule has 3 aromatic rings. The summed E-state index contributed by atoms with van der Waals surface area (Å²) in [7, 11) is 1.63. The van der Waals surface area contributed by atoms with Crippen molar-refractivity contribution in [3.8, 4) is 5.75 Å². The lowest BCUT2D eigenvalue weighted by molar-refractivity contribution is 0.415. The van der Waals surface area contributed by atoms with E-state index in [4.69, 9.17) is 16.3 Å². The van der Waals surface area contributed by atoms with Gasteiger partial charge in [-0.1, -0.05) is 11.6 Å². The molecule has 0 aliphatic heterocycles. The molecule has 3 rings (SSSR count). The van der Waals surface area contributed by atoms with Gasteiger partial charge in [-0.3, -0.25) is 0 Å². The van der Waals surface area contributed by atoms with Crippen LogP contribution in [0.4, 0.5) is 23.1 Å². The first-order valence-electron chi connectivity index (χ1n) is 6.86. The maximum Gasteiger partial charge on any atom is 0.249 e. The smallest absolute Gasteiger partial charge is 0.249 e. The van der Waals surface area contributed by atoms with E-state index in [2.05, 4.69) is 25.8 Å². The Balaban J connectivity index is 1.72. The minimum absolute atomic E-state index is 0.397. The molecule has 7 heteroatoms. The van der Waals surface area contributed by atoms with Gasteiger partial charge in [-0.25, -0.2) is 0 Å². The maximum absolute atomic E-state index is 5.87. The number of halogens is 1. The molecule has 1 heterocycles. The minimum atomic E-state index is 0.397. The third-order valence-corrected chi connectivity index (χ3v) is 3.27. The van der Waals surface area contributed by atoms with Gasteiger partial charge in [-0.05, 0) is 48.5 Å². The largest absolute Gasteiger partial charge is 0.497 e. The van der Waals surface area contributed by atoms with E-state index in [-0.39, 0.29) is 0 Å². The monoisotopic (exact) mass is 327 g/mol. The van der Waals surface area contributed by atoms with E-state index in [1.165, 1.54) is 0 Å². The van der Waals surface area contributed by atoms with Gasteiger partial charge >= 0.3 is 0 Å². The first-order chi connectivity index (χ1) is 11.2. The van der Waals surface area contributed by atoms with Crippen LogP contribution >= 0.6 is 11.6 Å². The lowest BCUT2D eigenvalue weighted by atomic mass is 10.3. The first kappa shape index (κ1) is 15.1. The van der Waals surface area contributed by atoms with E-state index in [0.29, 0.717) is 16.8 Å². The zero-order chi connectivity index (χ0) is 16.1. The highest BCUT2D eigenvalue weighted by atomic mass is 35.5. The minimum Gasteiger partial charge on any atom is -0.497 e. The molecule has 0 aliphatic carbocycles. The van der Waals surface area contributed by atoms with Crippen molar-refractivity contribution < 1.29 is 4.74 Å². The van der Waals surface area contributed by atoms with Crippen molar-refractivity contribution >= 4 is 34.7 Å². The molecule has 23 heavy (non-hydrogen) atoms. The number of ether oxygens (including phenoxy) is 1. The van der Waals surface area contributed by atoms with Crippen molar-refractivity contribution in [1.29, 1.82) is 0 Å². The van der Waals surface area contributed by atoms with Gasteiger partial charge in [-0.2, -0.15) is 10.1 Å². The van der Waals surface area contributed by atoms with Crippen LogP contribution in [0.3, 0.4) is 0 Å². The van der Waals surface area contributed by atoms with Crippen molar-refractivity contribution in [2.75, 3.05) is 17.7 Å². The van der Waals surface area contributed by atoms with Crippen LogP contribution in [-0.4, -0.2) is 22.3 Å². The van der Waals surface area contributed by atoms with Crippen LogP contribution in [0.25, 0.3) is 0 Å². The van der Waals surface area contributed by atoms with Crippen molar-refractivity contribution in [3.63, 3.8) is 0 Å². The van der Waals surface area contributed by atoms with Gasteiger partial charge in [0.1, 0.15) is 5.75 Å². The molecule has 0 atom stereocenters. The van der Waals surface area contributed by atoms with Crippen LogP contribution in [-0.2, 0) is 0 Å². The Kier molecular flexibility index (Phi) is 4.54. The lowest BCUT2D eigenvalue weighted by Gasteiger charge is -2.08. The van der Waals surface area contributed by atoms with Crippen LogP contribution in [0.2, 0.25) is 5.02 Å². The Bertz CT molecular complexity index is 777. The molecule has 2 aromatic carbocycles. The number of aromatic nitrogens is 3. The predicted octanol–water partition coefficient (Wildman–Crippen LogP) is 4.02. The van der Waals surface area contributed by atoms with Gasteiger partial charge in [0, 0.05) is 16.4 Å². The molecule has 2 N–H and O–H groups in total. The van der Waals surface area contributed by atoms with Crippen LogP contribution in [0.15, 0.2) is 54.7 Å². The van der Waals surface area contributed by atoms with Crippen molar-refractivity contribution in [2.45, 2.75) is 0 Å². The Morgan fingerprint density at radius 2 is 1.57 bits per heavy atom. The second-order valence-corrected chi connectivity index (χ2v) is 5.09. The zero-order valence-electron chi connectivity index (χ0n) is 12.3. The summed E-state index contributed by atoms with van der Waals surface area (Å²) in [6, 6.07) is 14.8. The van der Waals surface area contributed by atoms with Crippen molar-refractivity contribution in [1.82, 2.24) is 15.2 Å². The molecule has 0 amide bonds. The van der Waals surface area contributed by atoms with Gasteiger partial charge in [0.25, 0.3) is 0 Å². The molecule has 0 bridgehead atoms. The molecular weight excluding hydrogens is 314 g/mol. The van der Waals surface area contributed by atoms with E-state index in [0.717, 1.165) is 17.1 Å². The molecule has 6 nitrogen and oxygen atoms in total. The number of benzene rings is 2. The average Bonchev–Trinajstić information content (AvgIpc) is 2.58. The van der Waals surface area contributed by atoms with E-state index in [1.54, 1.807) is 25.4 Å². The molecule has 0 saturated heterocycles. The summed E-state index contributed by atoms with van der Waals surface area (Å²) in [4.78, 5) is 4.37. The predicted molar refractivity (Wildman–Crippen MR) is 90.8 cm³/mol. The first-order valence-corrected chi connectivity index (χ1v) is 7.24. The van der Waals surface area contributed by atoms with E-state index < -0.39 is 0 Å². The van der Waals surface area contributed by atoms with Gasteiger partial charge < -0.3 is 15.4 Å². The molecular formula is C16H14ClN5O. The highest BCUT2D eigenvalue weighted by Crippen LogP contribution is 2.20. The quantitative estimate of drug-likeness (QED) is 0.737. The molecule has 1 aromatic heterocycles. The molecule has 0 radical (unpaired) electrons. The number of rotatable bonds is 5. The second kappa shape index (κ2) is 6.93. The molecule has 116 valence electrons. The Hall–Kier alpha value is -2.86. The van der Waals surface area contributed by atoms with Crippen molar-refractivity contribution in [3.05, 3.63) is 59.8 Å². The summed E-state index contributed by atoms with van der Waals surface area (Å²) in [6.07, 6.45) is 1.55. The molecule has 0 spiro atoms. The summed E-state index contributed by atoms with van der Waals surface area (Å²) in [6.45, 7) is 0. The summed E-state index contributed by atoms with van der Waals surface area (Å²) >= 11 is 5.87. The maximum atomic E-state index is 5.87. The summed E-state index contributed by atoms with van der Waals surface area (Å²) < 4.78 is 5.12. The number of hydrogen-bond acceptors (Lipinski definition) is 6. The normalized spacial score (nSPS) is 10.2. The molecule has 0 unspecified atom stereocenters. The molecule has 0 saturated carbocycles. The lowest BCUT2D eigenvalue weighted by Crippen LogP contribution is -2.02. The highest BCUT2D eigenvalue weighted by molar-refractivity contribution is 6.30. The zero-order valence-corrected chi connectivity index (χ0v) is 13.1. The number of nitrogens with zero attached hydrogens (tertiary/aromatic N) is 3. The molecule has 0 aliphatic rings. The highest BCUT2D eigenvalue weighted by Gasteiger charge is 2.02. The topological polar surface area (TPSA) is 72.0 Å². The Morgan fingerprint density at radius 3 is 2.26 bits per heavy atom. The van der Waals surface area contributed by atoms with E-state index >= 15 is 0 Å². The van der Waals surface area contributed by atoms with Crippen LogP contribution in [0, 0.1) is 0 Å². The van der Waals surface area contributed by atoms with Gasteiger partial charge in [-0.15, -0.1) is 5.10 Å². The van der Waals surface area contributed by atoms with E-state index in [9.17, 15) is 0 Å². The summed E-state index contributed by atoms with van der Waals surface area (Å²) in [5, 5.41) is 14.8. The summed E-state index contributed by atoms with van der Waals surface area (Å²) in [5.41, 5.74) is 1.71. The number of hydrogen-bond donors (Lipinski definition) is 2. The summed E-state index contributed by atoms with van der Waals surface area (Å²) in [5.74, 6) is 1.76. The Morgan fingerprint density at radius 1 is 0.913 bits per heavy atom. The Labute approximate surface area is 138 Å². The van der Waals surface area contributed by atoms with Gasteiger partial charge in [0.2, 0.25) is 5.95 Å². The number of methoxy groups -OCH3 is 1. The fraction of sp³-hybridized carbons (Fsp3) is 0.0625. The van der Waals surface area contributed by atoms with Gasteiger partial charge in [0.05, 0.1) is 13.3 Å². The van der Waals surface area contributed by atoms with E-state index in [1.807, 2.05) is 36.4 Å². The van der Waals surface area contributed by atoms with Gasteiger partial charge in [0.15, 0.2) is 5.82 Å². The second-order valence-electron chi connectivity index (χ2n) is 4.65. The fourth-order valence-corrected chi connectivity index (χ4v) is 2.03. The van der Waals surface area contributed by atoms with Crippen LogP contribution in [0.5, 0.6) is 5.75 Å². The van der Waals surface area contributed by atoms with Crippen LogP contribution in [0.1, 0.15) is 0 Å². The molecule has 0 fully saturated rings. The SMILES string of the molecule is COc1ccc(Nc2nncc(Nc3ccc(Cl)cc3)n2)cc1. The number of nitrogens with one attached hydrogen (secondary N) is 2. The number of anilines is 4. The third kappa shape index (κ3) is 4.08. The van der Waals surface area contributed by atoms with Crippen LogP contribution < -0.4 is 15.4 Å².